The fraction of sp³-hybridized carbons (Fsp3) is 0.480. The van der Waals surface area contributed by atoms with E-state index in [0.717, 1.165) is 54.3 Å². The molecule has 174 valence electrons. The molecule has 3 aliphatic heterocycles. The molecule has 2 bridgehead atoms. The maximum atomic E-state index is 11.8. The molecule has 4 heterocycles. The van der Waals surface area contributed by atoms with Gasteiger partial charge in [-0.2, -0.15) is 0 Å². The Morgan fingerprint density at radius 1 is 1.24 bits per heavy atom. The van der Waals surface area contributed by atoms with Gasteiger partial charge < -0.3 is 25.0 Å². The molecular formula is C25H31N5O3. The van der Waals surface area contributed by atoms with Crippen LogP contribution in [0.5, 0.6) is 0 Å². The van der Waals surface area contributed by atoms with Crippen molar-refractivity contribution in [3.8, 4) is 11.4 Å². The third-order valence-electron chi connectivity index (χ3n) is 6.64. The Bertz CT molecular complexity index is 1040. The van der Waals surface area contributed by atoms with Gasteiger partial charge in [0.1, 0.15) is 11.4 Å². The van der Waals surface area contributed by atoms with E-state index < -0.39 is 5.60 Å². The molecule has 3 atom stereocenters. The molecular weight excluding hydrogens is 418 g/mol. The Morgan fingerprint density at radius 3 is 2.64 bits per heavy atom. The van der Waals surface area contributed by atoms with Gasteiger partial charge in [-0.1, -0.05) is 6.08 Å². The molecule has 1 aromatic carbocycles. The predicted octanol–water partition coefficient (Wildman–Crippen LogP) is 3.97. The van der Waals surface area contributed by atoms with Gasteiger partial charge in [-0.25, -0.2) is 14.8 Å². The van der Waals surface area contributed by atoms with Crippen molar-refractivity contribution >= 4 is 17.5 Å². The number of nitrogens with zero attached hydrogens (tertiary/aromatic N) is 3. The number of anilines is 2. The molecule has 2 fully saturated rings. The molecule has 0 spiro atoms. The van der Waals surface area contributed by atoms with E-state index in [2.05, 4.69) is 29.0 Å². The average molecular weight is 450 g/mol. The number of carbonyl (C=O) groups is 1. The SMILES string of the molecule is C=CCC1(C)OCc2c(N3C[C@H]4CC[C@@H](C3)O4)nc(-c3ccc(NC(=O)NCC)cc3)nc21. The van der Waals surface area contributed by atoms with Crippen LogP contribution in [0, 0.1) is 0 Å². The molecule has 2 aromatic rings. The number of benzene rings is 1. The summed E-state index contributed by atoms with van der Waals surface area (Å²) in [4.78, 5) is 24.2. The van der Waals surface area contributed by atoms with Crippen LogP contribution in [0.3, 0.4) is 0 Å². The summed E-state index contributed by atoms with van der Waals surface area (Å²) in [6.45, 7) is 10.6. The Labute approximate surface area is 194 Å². The van der Waals surface area contributed by atoms with Crippen molar-refractivity contribution in [1.29, 1.82) is 0 Å². The van der Waals surface area contributed by atoms with Gasteiger partial charge in [0.2, 0.25) is 0 Å². The van der Waals surface area contributed by atoms with Crippen molar-refractivity contribution in [1.82, 2.24) is 15.3 Å². The number of morpholine rings is 1. The number of nitrogens with one attached hydrogen (secondary N) is 2. The second-order valence-corrected chi connectivity index (χ2v) is 9.13. The molecule has 8 nitrogen and oxygen atoms in total. The zero-order chi connectivity index (χ0) is 23.0. The van der Waals surface area contributed by atoms with Gasteiger partial charge in [-0.3, -0.25) is 0 Å². The van der Waals surface area contributed by atoms with Crippen molar-refractivity contribution in [2.24, 2.45) is 0 Å². The van der Waals surface area contributed by atoms with Gasteiger partial charge in [0.05, 0.1) is 24.5 Å². The van der Waals surface area contributed by atoms with Gasteiger partial charge in [0, 0.05) is 36.4 Å². The number of amides is 2. The number of urea groups is 1. The van der Waals surface area contributed by atoms with Crippen LogP contribution in [-0.4, -0.2) is 47.8 Å². The third kappa shape index (κ3) is 4.20. The Balaban J connectivity index is 1.51. The van der Waals surface area contributed by atoms with Gasteiger partial charge >= 0.3 is 6.03 Å². The first-order chi connectivity index (χ1) is 16.0. The first kappa shape index (κ1) is 21.9. The Morgan fingerprint density at radius 2 is 1.97 bits per heavy atom. The quantitative estimate of drug-likeness (QED) is 0.649. The first-order valence-electron chi connectivity index (χ1n) is 11.7. The van der Waals surface area contributed by atoms with E-state index in [-0.39, 0.29) is 18.2 Å². The number of fused-ring (bicyclic) bond motifs is 3. The molecule has 8 heteroatoms. The highest BCUT2D eigenvalue weighted by atomic mass is 16.5. The van der Waals surface area contributed by atoms with E-state index in [0.29, 0.717) is 25.4 Å². The van der Waals surface area contributed by atoms with Gasteiger partial charge in [-0.05, 0) is 57.4 Å². The second-order valence-electron chi connectivity index (χ2n) is 9.13. The van der Waals surface area contributed by atoms with Crippen LogP contribution < -0.4 is 15.5 Å². The lowest BCUT2D eigenvalue weighted by atomic mass is 9.96. The Hall–Kier alpha value is -2.97. The molecule has 1 unspecified atom stereocenters. The maximum absolute atomic E-state index is 11.8. The number of ether oxygens (including phenoxy) is 2. The molecule has 2 amide bonds. The van der Waals surface area contributed by atoms with Crippen LogP contribution in [0.15, 0.2) is 36.9 Å². The Kier molecular flexibility index (Phi) is 5.80. The lowest BCUT2D eigenvalue weighted by molar-refractivity contribution is -0.0229. The molecule has 0 saturated carbocycles. The van der Waals surface area contributed by atoms with Gasteiger partial charge in [0.15, 0.2) is 5.82 Å². The number of aromatic nitrogens is 2. The fourth-order valence-corrected chi connectivity index (χ4v) is 4.99. The monoisotopic (exact) mass is 449 g/mol. The molecule has 5 rings (SSSR count). The normalized spacial score (nSPS) is 25.6. The van der Waals surface area contributed by atoms with Crippen LogP contribution >= 0.6 is 0 Å². The van der Waals surface area contributed by atoms with E-state index in [1.807, 2.05) is 37.3 Å². The smallest absolute Gasteiger partial charge is 0.319 e. The largest absolute Gasteiger partial charge is 0.371 e. The summed E-state index contributed by atoms with van der Waals surface area (Å²) in [6.07, 6.45) is 5.30. The zero-order valence-electron chi connectivity index (χ0n) is 19.3. The summed E-state index contributed by atoms with van der Waals surface area (Å²) in [5, 5.41) is 5.56. The molecule has 1 aromatic heterocycles. The lowest BCUT2D eigenvalue weighted by Crippen LogP contribution is -2.43. The van der Waals surface area contributed by atoms with E-state index >= 15 is 0 Å². The van der Waals surface area contributed by atoms with Crippen LogP contribution in [0.4, 0.5) is 16.3 Å². The van der Waals surface area contributed by atoms with Crippen LogP contribution in [-0.2, 0) is 21.7 Å². The minimum absolute atomic E-state index is 0.222. The van der Waals surface area contributed by atoms with Crippen molar-refractivity contribution in [3.05, 3.63) is 48.2 Å². The summed E-state index contributed by atoms with van der Waals surface area (Å²) < 4.78 is 12.3. The number of hydrogen-bond donors (Lipinski definition) is 2. The fourth-order valence-electron chi connectivity index (χ4n) is 4.99. The molecule has 2 N–H and O–H groups in total. The summed E-state index contributed by atoms with van der Waals surface area (Å²) in [6, 6.07) is 7.40. The van der Waals surface area contributed by atoms with E-state index in [1.165, 1.54) is 0 Å². The number of carbonyl (C=O) groups excluding carboxylic acids is 1. The van der Waals surface area contributed by atoms with E-state index in [4.69, 9.17) is 19.4 Å². The standard InChI is InChI=1S/C25H31N5O3/c1-4-12-25(3)21-20(15-32-25)23(30-13-18-10-11-19(14-30)33-18)29-22(28-21)16-6-8-17(9-7-16)27-24(31)26-5-2/h4,6-9,18-19H,1,5,10-15H2,2-3H3,(H2,26,27,31)/t18-,19+,25?. The highest BCUT2D eigenvalue weighted by Gasteiger charge is 2.42. The van der Waals surface area contributed by atoms with Crippen LogP contribution in [0.1, 0.15) is 44.4 Å². The second kappa shape index (κ2) is 8.76. The molecule has 3 aliphatic rings. The first-order valence-corrected chi connectivity index (χ1v) is 11.7. The zero-order valence-corrected chi connectivity index (χ0v) is 19.3. The minimum Gasteiger partial charge on any atom is -0.371 e. The van der Waals surface area contributed by atoms with Crippen LogP contribution in [0.25, 0.3) is 11.4 Å². The average Bonchev–Trinajstić information content (AvgIpc) is 3.32. The maximum Gasteiger partial charge on any atom is 0.319 e. The highest BCUT2D eigenvalue weighted by Crippen LogP contribution is 2.43. The molecule has 0 aliphatic carbocycles. The van der Waals surface area contributed by atoms with E-state index in [1.54, 1.807) is 0 Å². The third-order valence-corrected chi connectivity index (χ3v) is 6.64. The number of hydrogen-bond acceptors (Lipinski definition) is 6. The number of rotatable bonds is 6. The molecule has 33 heavy (non-hydrogen) atoms. The van der Waals surface area contributed by atoms with E-state index in [9.17, 15) is 4.79 Å². The van der Waals surface area contributed by atoms with Crippen molar-refractivity contribution in [3.63, 3.8) is 0 Å². The minimum atomic E-state index is -0.519. The molecule has 0 radical (unpaired) electrons. The topological polar surface area (TPSA) is 88.6 Å². The van der Waals surface area contributed by atoms with Gasteiger partial charge in [0.25, 0.3) is 0 Å². The summed E-state index contributed by atoms with van der Waals surface area (Å²) in [5.74, 6) is 1.61. The van der Waals surface area contributed by atoms with Crippen LogP contribution in [0.2, 0.25) is 0 Å². The van der Waals surface area contributed by atoms with Crippen molar-refractivity contribution in [2.75, 3.05) is 29.9 Å². The van der Waals surface area contributed by atoms with Crippen molar-refractivity contribution < 1.29 is 14.3 Å². The summed E-state index contributed by atoms with van der Waals surface area (Å²) in [5.41, 5.74) is 3.10. The van der Waals surface area contributed by atoms with Crippen molar-refractivity contribution in [2.45, 2.75) is 57.5 Å². The highest BCUT2D eigenvalue weighted by molar-refractivity contribution is 5.89. The predicted molar refractivity (Wildman–Crippen MR) is 127 cm³/mol. The summed E-state index contributed by atoms with van der Waals surface area (Å²) in [7, 11) is 0. The summed E-state index contributed by atoms with van der Waals surface area (Å²) >= 11 is 0. The lowest BCUT2D eigenvalue weighted by Gasteiger charge is -2.34. The molecule has 2 saturated heterocycles. The van der Waals surface area contributed by atoms with Gasteiger partial charge in [-0.15, -0.1) is 6.58 Å².